The number of nitrogens with two attached hydrogens (primary N) is 1. The fourth-order valence-corrected chi connectivity index (χ4v) is 3.82. The number of carbonyl (C=O) groups is 1. The van der Waals surface area contributed by atoms with E-state index in [1.807, 2.05) is 30.0 Å². The molecule has 0 aliphatic carbocycles. The molecule has 2 saturated heterocycles. The maximum absolute atomic E-state index is 12.9. The van der Waals surface area contributed by atoms with E-state index in [0.717, 1.165) is 0 Å². The van der Waals surface area contributed by atoms with Crippen LogP contribution < -0.4 is 11.1 Å². The van der Waals surface area contributed by atoms with Crippen LogP contribution >= 0.6 is 0 Å². The van der Waals surface area contributed by atoms with Gasteiger partial charge < -0.3 is 21.1 Å². The predicted molar refractivity (Wildman–Crippen MR) is 85.3 cm³/mol. The highest BCUT2D eigenvalue weighted by atomic mass is 16.3. The first-order valence-corrected chi connectivity index (χ1v) is 8.01. The molecular formula is C17H25N3O2. The van der Waals surface area contributed by atoms with Crippen molar-refractivity contribution < 1.29 is 9.90 Å². The van der Waals surface area contributed by atoms with Crippen molar-refractivity contribution in [2.45, 2.75) is 30.9 Å². The molecule has 22 heavy (non-hydrogen) atoms. The van der Waals surface area contributed by atoms with Crippen LogP contribution in [0.3, 0.4) is 0 Å². The summed E-state index contributed by atoms with van der Waals surface area (Å²) in [6.45, 7) is 4.35. The summed E-state index contributed by atoms with van der Waals surface area (Å²) < 4.78 is 0. The minimum Gasteiger partial charge on any atom is -0.392 e. The summed E-state index contributed by atoms with van der Waals surface area (Å²) in [5, 5.41) is 12.9. The van der Waals surface area contributed by atoms with E-state index in [2.05, 4.69) is 17.4 Å². The first-order chi connectivity index (χ1) is 10.5. The van der Waals surface area contributed by atoms with Gasteiger partial charge in [0.2, 0.25) is 5.91 Å². The minimum absolute atomic E-state index is 0.0842. The average Bonchev–Trinajstić information content (AvgIpc) is 3.11. The molecule has 2 unspecified atom stereocenters. The highest BCUT2D eigenvalue weighted by Crippen LogP contribution is 2.34. The quantitative estimate of drug-likeness (QED) is 0.750. The Balaban J connectivity index is 1.76. The van der Waals surface area contributed by atoms with Crippen molar-refractivity contribution in [3.63, 3.8) is 0 Å². The van der Waals surface area contributed by atoms with Gasteiger partial charge >= 0.3 is 0 Å². The molecule has 2 aliphatic rings. The van der Waals surface area contributed by atoms with Gasteiger partial charge in [-0.15, -0.1) is 0 Å². The lowest BCUT2D eigenvalue weighted by atomic mass is 9.89. The zero-order valence-corrected chi connectivity index (χ0v) is 13.0. The van der Waals surface area contributed by atoms with E-state index in [4.69, 9.17) is 5.73 Å². The molecule has 5 heteroatoms. The van der Waals surface area contributed by atoms with Crippen LogP contribution in [0.15, 0.2) is 30.3 Å². The summed E-state index contributed by atoms with van der Waals surface area (Å²) in [5.41, 5.74) is 6.54. The molecule has 2 heterocycles. The van der Waals surface area contributed by atoms with Gasteiger partial charge in [0, 0.05) is 32.0 Å². The van der Waals surface area contributed by atoms with Crippen LogP contribution in [0, 0.1) is 5.92 Å². The number of aliphatic hydroxyl groups excluding tert-OH is 1. The van der Waals surface area contributed by atoms with Gasteiger partial charge in [-0.05, 0) is 24.9 Å². The van der Waals surface area contributed by atoms with Crippen molar-refractivity contribution in [2.75, 3.05) is 26.2 Å². The van der Waals surface area contributed by atoms with Crippen LogP contribution in [-0.4, -0.2) is 53.7 Å². The molecule has 120 valence electrons. The predicted octanol–water partition coefficient (Wildman–Crippen LogP) is 0.300. The van der Waals surface area contributed by atoms with Crippen LogP contribution in [-0.2, 0) is 4.79 Å². The Morgan fingerprint density at radius 1 is 1.41 bits per heavy atom. The molecule has 2 aliphatic heterocycles. The number of amides is 1. The summed E-state index contributed by atoms with van der Waals surface area (Å²) in [6, 6.07) is 10.3. The Hall–Kier alpha value is -1.43. The third-order valence-corrected chi connectivity index (χ3v) is 5.10. The van der Waals surface area contributed by atoms with E-state index in [0.29, 0.717) is 44.4 Å². The Morgan fingerprint density at radius 2 is 2.14 bits per heavy atom. The van der Waals surface area contributed by atoms with Crippen molar-refractivity contribution in [2.24, 2.45) is 11.7 Å². The third kappa shape index (κ3) is 2.76. The fraction of sp³-hybridized carbons (Fsp3) is 0.588. The van der Waals surface area contributed by atoms with Crippen molar-refractivity contribution in [1.29, 1.82) is 0 Å². The zero-order chi connectivity index (χ0) is 15.7. The summed E-state index contributed by atoms with van der Waals surface area (Å²) in [7, 11) is 0. The molecule has 2 fully saturated rings. The number of hydrogen-bond donors (Lipinski definition) is 3. The first kappa shape index (κ1) is 15.5. The normalized spacial score (nSPS) is 35.0. The second-order valence-corrected chi connectivity index (χ2v) is 6.79. The Kier molecular flexibility index (Phi) is 4.21. The van der Waals surface area contributed by atoms with Gasteiger partial charge in [-0.3, -0.25) is 4.79 Å². The maximum Gasteiger partial charge on any atom is 0.242 e. The smallest absolute Gasteiger partial charge is 0.242 e. The minimum atomic E-state index is -0.649. The Labute approximate surface area is 131 Å². The van der Waals surface area contributed by atoms with Crippen LogP contribution in [0.2, 0.25) is 0 Å². The highest BCUT2D eigenvalue weighted by Gasteiger charge is 2.46. The molecule has 0 spiro atoms. The average molecular weight is 303 g/mol. The molecule has 3 rings (SSSR count). The first-order valence-electron chi connectivity index (χ1n) is 8.01. The van der Waals surface area contributed by atoms with Gasteiger partial charge in [0.05, 0.1) is 11.6 Å². The number of benzene rings is 1. The molecule has 0 saturated carbocycles. The third-order valence-electron chi connectivity index (χ3n) is 5.10. The topological polar surface area (TPSA) is 78.6 Å². The number of nitrogens with zero attached hydrogens (tertiary/aromatic N) is 1. The van der Waals surface area contributed by atoms with Crippen LogP contribution in [0.4, 0.5) is 0 Å². The zero-order valence-electron chi connectivity index (χ0n) is 13.0. The van der Waals surface area contributed by atoms with E-state index in [-0.39, 0.29) is 5.91 Å². The molecular weight excluding hydrogens is 278 g/mol. The van der Waals surface area contributed by atoms with Gasteiger partial charge in [-0.2, -0.15) is 0 Å². The SMILES string of the molecule is CC1(C(=O)N2C[C@@H](CN)[C@H](c3ccccc3)C2)CC(O)CN1. The second kappa shape index (κ2) is 5.99. The second-order valence-electron chi connectivity index (χ2n) is 6.79. The molecule has 1 aromatic rings. The van der Waals surface area contributed by atoms with Crippen LogP contribution in [0.25, 0.3) is 0 Å². The van der Waals surface area contributed by atoms with Gasteiger partial charge in [0.15, 0.2) is 0 Å². The van der Waals surface area contributed by atoms with E-state index >= 15 is 0 Å². The van der Waals surface area contributed by atoms with E-state index < -0.39 is 11.6 Å². The van der Waals surface area contributed by atoms with Gasteiger partial charge in [0.1, 0.15) is 0 Å². The molecule has 1 aromatic carbocycles. The van der Waals surface area contributed by atoms with E-state index in [1.54, 1.807) is 0 Å². The molecule has 4 atom stereocenters. The molecule has 0 aromatic heterocycles. The molecule has 0 bridgehead atoms. The Morgan fingerprint density at radius 3 is 2.73 bits per heavy atom. The largest absolute Gasteiger partial charge is 0.392 e. The number of nitrogens with one attached hydrogen (secondary N) is 1. The standard InChI is InChI=1S/C17H25N3O2/c1-17(7-14(21)9-19-17)16(22)20-10-13(8-18)15(11-20)12-5-3-2-4-6-12/h2-6,13-15,19,21H,7-11,18H2,1H3/t13-,14?,15+,17?/m1/s1. The Bertz CT molecular complexity index is 536. The molecule has 5 nitrogen and oxygen atoms in total. The fourth-order valence-electron chi connectivity index (χ4n) is 3.82. The van der Waals surface area contributed by atoms with Gasteiger partial charge in [0.25, 0.3) is 0 Å². The number of β-amino-alcohol motifs (C(OH)–C–C–N with tert-alkyl or cyclic N) is 1. The highest BCUT2D eigenvalue weighted by molar-refractivity contribution is 5.86. The van der Waals surface area contributed by atoms with Gasteiger partial charge in [-0.1, -0.05) is 30.3 Å². The number of aliphatic hydroxyl groups is 1. The molecule has 4 N–H and O–H groups in total. The lowest BCUT2D eigenvalue weighted by Crippen LogP contribution is -2.52. The lowest BCUT2D eigenvalue weighted by molar-refractivity contribution is -0.136. The van der Waals surface area contributed by atoms with E-state index in [9.17, 15) is 9.90 Å². The summed E-state index contributed by atoms with van der Waals surface area (Å²) >= 11 is 0. The number of hydrogen-bond acceptors (Lipinski definition) is 4. The number of likely N-dealkylation sites (tertiary alicyclic amines) is 1. The van der Waals surface area contributed by atoms with Crippen LogP contribution in [0.1, 0.15) is 24.8 Å². The van der Waals surface area contributed by atoms with Crippen LogP contribution in [0.5, 0.6) is 0 Å². The summed E-state index contributed by atoms with van der Waals surface area (Å²) in [6.07, 6.45) is 0.0396. The maximum atomic E-state index is 12.9. The van der Waals surface area contributed by atoms with Gasteiger partial charge in [-0.25, -0.2) is 0 Å². The number of rotatable bonds is 3. The van der Waals surface area contributed by atoms with Crippen molar-refractivity contribution in [1.82, 2.24) is 10.2 Å². The van der Waals surface area contributed by atoms with Crippen molar-refractivity contribution in [3.05, 3.63) is 35.9 Å². The molecule has 0 radical (unpaired) electrons. The molecule has 1 amide bonds. The van der Waals surface area contributed by atoms with Crippen molar-refractivity contribution in [3.8, 4) is 0 Å². The summed E-state index contributed by atoms with van der Waals surface area (Å²) in [4.78, 5) is 14.8. The lowest BCUT2D eigenvalue weighted by Gasteiger charge is -2.29. The van der Waals surface area contributed by atoms with E-state index in [1.165, 1.54) is 5.56 Å². The summed E-state index contributed by atoms with van der Waals surface area (Å²) in [5.74, 6) is 0.673. The number of carbonyl (C=O) groups excluding carboxylic acids is 1. The van der Waals surface area contributed by atoms with Crippen molar-refractivity contribution >= 4 is 5.91 Å². The monoisotopic (exact) mass is 303 g/mol.